The summed E-state index contributed by atoms with van der Waals surface area (Å²) in [5.41, 5.74) is 1.25. The molecule has 0 bridgehead atoms. The van der Waals surface area contributed by atoms with Crippen LogP contribution in [0.25, 0.3) is 11.0 Å². The van der Waals surface area contributed by atoms with Crippen LogP contribution in [0, 0.1) is 0 Å². The maximum Gasteiger partial charge on any atom is 0.313 e. The van der Waals surface area contributed by atoms with Gasteiger partial charge in [-0.15, -0.1) is 0 Å². The molecule has 6 nitrogen and oxygen atoms in total. The van der Waals surface area contributed by atoms with Crippen molar-refractivity contribution in [1.82, 2.24) is 14.9 Å². The van der Waals surface area contributed by atoms with E-state index in [4.69, 9.17) is 5.11 Å². The molecule has 7 heteroatoms. The van der Waals surface area contributed by atoms with Crippen molar-refractivity contribution >= 4 is 34.7 Å². The minimum Gasteiger partial charge on any atom is -0.481 e. The Kier molecular flexibility index (Phi) is 4.75. The zero-order chi connectivity index (χ0) is 16.3. The van der Waals surface area contributed by atoms with E-state index in [2.05, 4.69) is 10.3 Å². The molecule has 0 aliphatic rings. The number of aromatic nitrogens is 2. The van der Waals surface area contributed by atoms with E-state index in [9.17, 15) is 9.59 Å². The van der Waals surface area contributed by atoms with Gasteiger partial charge in [0.15, 0.2) is 5.16 Å². The minimum atomic E-state index is -0.914. The number of fused-ring (bicyclic) bond motifs is 1. The zero-order valence-corrected chi connectivity index (χ0v) is 13.6. The zero-order valence-electron chi connectivity index (χ0n) is 12.8. The summed E-state index contributed by atoms with van der Waals surface area (Å²) in [7, 11) is 0. The van der Waals surface area contributed by atoms with E-state index >= 15 is 0 Å². The maximum atomic E-state index is 12.2. The Morgan fingerprint density at radius 3 is 2.64 bits per heavy atom. The van der Waals surface area contributed by atoms with Gasteiger partial charge in [0.05, 0.1) is 16.8 Å². The lowest BCUT2D eigenvalue weighted by Gasteiger charge is -2.21. The smallest absolute Gasteiger partial charge is 0.313 e. The lowest BCUT2D eigenvalue weighted by atomic mass is 10.1. The van der Waals surface area contributed by atoms with Crippen molar-refractivity contribution in [2.45, 2.75) is 38.0 Å². The van der Waals surface area contributed by atoms with Crippen LogP contribution in [0.4, 0.5) is 0 Å². The van der Waals surface area contributed by atoms with Crippen molar-refractivity contribution in [3.63, 3.8) is 0 Å². The standard InChI is InChI=1S/C15H19N3O3S/c1-15(2,3)17-12(19)8-18-11-7-5-4-6-10(11)16-14(18)22-9-13(20)21/h4-7H,8-9H2,1-3H3,(H,17,19)(H,20,21). The first-order chi connectivity index (χ1) is 10.3. The Labute approximate surface area is 132 Å². The topological polar surface area (TPSA) is 84.2 Å². The number of carbonyl (C=O) groups is 2. The minimum absolute atomic E-state index is 0.0930. The van der Waals surface area contributed by atoms with Gasteiger partial charge >= 0.3 is 5.97 Å². The SMILES string of the molecule is CC(C)(C)NC(=O)Cn1c(SCC(=O)O)nc2ccccc21. The molecule has 0 unspecified atom stereocenters. The third-order valence-electron chi connectivity index (χ3n) is 2.76. The number of hydrogen-bond donors (Lipinski definition) is 2. The fourth-order valence-electron chi connectivity index (χ4n) is 2.04. The van der Waals surface area contributed by atoms with Gasteiger partial charge in [0.25, 0.3) is 0 Å². The highest BCUT2D eigenvalue weighted by Crippen LogP contribution is 2.24. The molecule has 0 saturated carbocycles. The quantitative estimate of drug-likeness (QED) is 0.824. The molecule has 2 rings (SSSR count). The van der Waals surface area contributed by atoms with Crippen molar-refractivity contribution in [2.75, 3.05) is 5.75 Å². The third-order valence-corrected chi connectivity index (χ3v) is 3.72. The summed E-state index contributed by atoms with van der Waals surface area (Å²) in [4.78, 5) is 27.4. The number of rotatable bonds is 5. The highest BCUT2D eigenvalue weighted by atomic mass is 32.2. The molecule has 22 heavy (non-hydrogen) atoms. The molecule has 0 radical (unpaired) electrons. The first-order valence-corrected chi connectivity index (χ1v) is 7.86. The number of amides is 1. The molecule has 0 aliphatic heterocycles. The highest BCUT2D eigenvalue weighted by molar-refractivity contribution is 7.99. The van der Waals surface area contributed by atoms with Gasteiger partial charge in [-0.3, -0.25) is 9.59 Å². The van der Waals surface area contributed by atoms with Crippen molar-refractivity contribution in [3.05, 3.63) is 24.3 Å². The van der Waals surface area contributed by atoms with Gasteiger partial charge in [0.1, 0.15) is 6.54 Å². The molecule has 2 aromatic rings. The lowest BCUT2D eigenvalue weighted by Crippen LogP contribution is -2.42. The second-order valence-electron chi connectivity index (χ2n) is 5.95. The molecule has 1 amide bonds. The van der Waals surface area contributed by atoms with Crippen LogP contribution in [-0.4, -0.2) is 37.8 Å². The van der Waals surface area contributed by atoms with Crippen LogP contribution in [-0.2, 0) is 16.1 Å². The number of carbonyl (C=O) groups excluding carboxylic acids is 1. The van der Waals surface area contributed by atoms with E-state index < -0.39 is 5.97 Å². The first kappa shape index (κ1) is 16.4. The maximum absolute atomic E-state index is 12.2. The number of nitrogens with zero attached hydrogens (tertiary/aromatic N) is 2. The number of imidazole rings is 1. The molecule has 1 aromatic heterocycles. The Morgan fingerprint density at radius 2 is 2.00 bits per heavy atom. The molecular weight excluding hydrogens is 302 g/mol. The molecule has 0 aliphatic carbocycles. The number of thioether (sulfide) groups is 1. The molecule has 0 spiro atoms. The Bertz CT molecular complexity index is 704. The van der Waals surface area contributed by atoms with E-state index in [-0.39, 0.29) is 23.7 Å². The predicted octanol–water partition coefficient (Wildman–Crippen LogP) is 2.13. The van der Waals surface area contributed by atoms with Crippen LogP contribution in [0.2, 0.25) is 0 Å². The molecular formula is C15H19N3O3S. The van der Waals surface area contributed by atoms with Gasteiger partial charge < -0.3 is 15.0 Å². The van der Waals surface area contributed by atoms with Gasteiger partial charge in [-0.2, -0.15) is 0 Å². The van der Waals surface area contributed by atoms with E-state index in [0.29, 0.717) is 5.16 Å². The van der Waals surface area contributed by atoms with E-state index in [1.807, 2.05) is 45.0 Å². The fraction of sp³-hybridized carbons (Fsp3) is 0.400. The fourth-order valence-corrected chi connectivity index (χ4v) is 2.78. The number of nitrogens with one attached hydrogen (secondary N) is 1. The van der Waals surface area contributed by atoms with Gasteiger partial charge in [0, 0.05) is 5.54 Å². The molecule has 118 valence electrons. The van der Waals surface area contributed by atoms with Gasteiger partial charge in [-0.1, -0.05) is 23.9 Å². The van der Waals surface area contributed by atoms with E-state index in [1.54, 1.807) is 4.57 Å². The molecule has 2 N–H and O–H groups in total. The van der Waals surface area contributed by atoms with E-state index in [1.165, 1.54) is 0 Å². The Morgan fingerprint density at radius 1 is 1.32 bits per heavy atom. The number of para-hydroxylation sites is 2. The number of aliphatic carboxylic acids is 1. The predicted molar refractivity (Wildman–Crippen MR) is 86.0 cm³/mol. The van der Waals surface area contributed by atoms with Gasteiger partial charge in [-0.05, 0) is 32.9 Å². The van der Waals surface area contributed by atoms with Crippen LogP contribution in [0.3, 0.4) is 0 Å². The van der Waals surface area contributed by atoms with Crippen molar-refractivity contribution in [3.8, 4) is 0 Å². The van der Waals surface area contributed by atoms with Crippen LogP contribution in [0.1, 0.15) is 20.8 Å². The summed E-state index contributed by atoms with van der Waals surface area (Å²) < 4.78 is 1.75. The van der Waals surface area contributed by atoms with E-state index in [0.717, 1.165) is 22.8 Å². The Balaban J connectivity index is 2.30. The monoisotopic (exact) mass is 321 g/mol. The van der Waals surface area contributed by atoms with Crippen LogP contribution < -0.4 is 5.32 Å². The van der Waals surface area contributed by atoms with Gasteiger partial charge in [0.2, 0.25) is 5.91 Å². The molecule has 0 atom stereocenters. The van der Waals surface area contributed by atoms with Crippen molar-refractivity contribution in [1.29, 1.82) is 0 Å². The average molecular weight is 321 g/mol. The lowest BCUT2D eigenvalue weighted by molar-refractivity contribution is -0.134. The second kappa shape index (κ2) is 6.39. The molecule has 0 saturated heterocycles. The summed E-state index contributed by atoms with van der Waals surface area (Å²) in [5.74, 6) is -1.14. The average Bonchev–Trinajstić information content (AvgIpc) is 2.72. The van der Waals surface area contributed by atoms with Crippen LogP contribution in [0.5, 0.6) is 0 Å². The summed E-state index contributed by atoms with van der Waals surface area (Å²) in [5, 5.41) is 12.3. The van der Waals surface area contributed by atoms with Crippen molar-refractivity contribution in [2.24, 2.45) is 0 Å². The van der Waals surface area contributed by atoms with Crippen LogP contribution in [0.15, 0.2) is 29.4 Å². The normalized spacial score (nSPS) is 11.6. The molecule has 0 fully saturated rings. The summed E-state index contributed by atoms with van der Waals surface area (Å²) in [6.07, 6.45) is 0. The molecule has 1 heterocycles. The number of carboxylic acid groups (broad SMARTS) is 1. The van der Waals surface area contributed by atoms with Crippen molar-refractivity contribution < 1.29 is 14.7 Å². The second-order valence-corrected chi connectivity index (χ2v) is 6.89. The third kappa shape index (κ3) is 4.24. The number of carboxylic acids is 1. The van der Waals surface area contributed by atoms with Gasteiger partial charge in [-0.25, -0.2) is 4.98 Å². The summed E-state index contributed by atoms with van der Waals surface area (Å²) >= 11 is 1.11. The number of benzene rings is 1. The number of hydrogen-bond acceptors (Lipinski definition) is 4. The first-order valence-electron chi connectivity index (χ1n) is 6.87. The Hall–Kier alpha value is -2.02. The highest BCUT2D eigenvalue weighted by Gasteiger charge is 2.18. The largest absolute Gasteiger partial charge is 0.481 e. The molecule has 1 aromatic carbocycles. The summed E-state index contributed by atoms with van der Waals surface area (Å²) in [6.45, 7) is 5.85. The summed E-state index contributed by atoms with van der Waals surface area (Å²) in [6, 6.07) is 7.45. The van der Waals surface area contributed by atoms with Crippen LogP contribution >= 0.6 is 11.8 Å².